The molecule has 9 heteroatoms. The summed E-state index contributed by atoms with van der Waals surface area (Å²) in [6.07, 6.45) is 0.586. The molecule has 9 nitrogen and oxygen atoms in total. The van der Waals surface area contributed by atoms with Crippen LogP contribution in [-0.4, -0.2) is 34.1 Å². The van der Waals surface area contributed by atoms with Crippen LogP contribution >= 0.6 is 0 Å². The van der Waals surface area contributed by atoms with Gasteiger partial charge in [0.2, 0.25) is 5.78 Å². The third-order valence-electron chi connectivity index (χ3n) is 4.04. The number of ether oxygens (including phenoxy) is 2. The van der Waals surface area contributed by atoms with Gasteiger partial charge in [0.1, 0.15) is 17.1 Å². The third kappa shape index (κ3) is 4.30. The van der Waals surface area contributed by atoms with Crippen molar-refractivity contribution in [1.29, 1.82) is 0 Å². The average Bonchev–Trinajstić information content (AvgIpc) is 2.68. The zero-order chi connectivity index (χ0) is 20.8. The van der Waals surface area contributed by atoms with Gasteiger partial charge in [0, 0.05) is 13.6 Å². The Morgan fingerprint density at radius 2 is 1.75 bits per heavy atom. The molecule has 0 aliphatic carbocycles. The zero-order valence-electron chi connectivity index (χ0n) is 16.1. The molecule has 0 atom stereocenters. The van der Waals surface area contributed by atoms with Gasteiger partial charge >= 0.3 is 11.7 Å². The average molecular weight is 389 g/mol. The van der Waals surface area contributed by atoms with Crippen LogP contribution in [0.4, 0.5) is 5.82 Å². The molecular formula is C19H23N3O6. The topological polar surface area (TPSA) is 123 Å². The molecule has 150 valence electrons. The minimum atomic E-state index is -0.822. The molecule has 2 rings (SSSR count). The Bertz CT molecular complexity index is 988. The lowest BCUT2D eigenvalue weighted by Crippen LogP contribution is -2.43. The number of nitrogens with zero attached hydrogens (tertiary/aromatic N) is 2. The van der Waals surface area contributed by atoms with Crippen LogP contribution in [0.1, 0.15) is 41.0 Å². The standard InChI is InChI=1S/C19H23N3O6/c1-4-10-22-16(20)15(17(24)21(3)19(22)26)14(23)11-28-18(25)12-6-8-13(9-7-12)27-5-2/h6-9H,4-5,10-11,20H2,1-3H3. The van der Waals surface area contributed by atoms with E-state index in [0.29, 0.717) is 18.8 Å². The molecule has 0 saturated carbocycles. The minimum Gasteiger partial charge on any atom is -0.494 e. The highest BCUT2D eigenvalue weighted by Crippen LogP contribution is 2.13. The van der Waals surface area contributed by atoms with E-state index in [0.717, 1.165) is 9.13 Å². The summed E-state index contributed by atoms with van der Waals surface area (Å²) in [5.74, 6) is -1.13. The first kappa shape index (κ1) is 20.9. The quantitative estimate of drug-likeness (QED) is 0.527. The number of benzene rings is 1. The van der Waals surface area contributed by atoms with Crippen molar-refractivity contribution >= 4 is 17.6 Å². The first-order valence-corrected chi connectivity index (χ1v) is 8.84. The number of hydrogen-bond acceptors (Lipinski definition) is 7. The van der Waals surface area contributed by atoms with Crippen molar-refractivity contribution in [3.8, 4) is 5.75 Å². The van der Waals surface area contributed by atoms with Crippen LogP contribution < -0.4 is 21.7 Å². The molecule has 2 N–H and O–H groups in total. The van der Waals surface area contributed by atoms with Crippen molar-refractivity contribution in [2.24, 2.45) is 7.05 Å². The Hall–Kier alpha value is -3.36. The van der Waals surface area contributed by atoms with Gasteiger partial charge in [-0.2, -0.15) is 0 Å². The van der Waals surface area contributed by atoms with Crippen molar-refractivity contribution in [3.05, 3.63) is 56.2 Å². The first-order chi connectivity index (χ1) is 13.3. The van der Waals surface area contributed by atoms with E-state index < -0.39 is 29.6 Å². The molecule has 0 aliphatic heterocycles. The molecule has 1 heterocycles. The number of nitrogen functional groups attached to an aromatic ring is 1. The molecule has 0 bridgehead atoms. The van der Waals surface area contributed by atoms with E-state index in [9.17, 15) is 19.2 Å². The maximum atomic E-state index is 12.5. The molecule has 0 saturated heterocycles. The van der Waals surface area contributed by atoms with E-state index in [1.54, 1.807) is 12.1 Å². The molecule has 0 radical (unpaired) electrons. The molecule has 28 heavy (non-hydrogen) atoms. The maximum Gasteiger partial charge on any atom is 0.338 e. The summed E-state index contributed by atoms with van der Waals surface area (Å²) in [6.45, 7) is 3.75. The van der Waals surface area contributed by atoms with Crippen LogP contribution in [0.2, 0.25) is 0 Å². The van der Waals surface area contributed by atoms with Gasteiger partial charge in [-0.15, -0.1) is 0 Å². The molecule has 1 aromatic heterocycles. The van der Waals surface area contributed by atoms with E-state index in [1.807, 2.05) is 13.8 Å². The number of rotatable bonds is 8. The van der Waals surface area contributed by atoms with Crippen LogP contribution in [0.25, 0.3) is 0 Å². The van der Waals surface area contributed by atoms with Gasteiger partial charge in [0.25, 0.3) is 5.56 Å². The normalized spacial score (nSPS) is 10.5. The smallest absolute Gasteiger partial charge is 0.338 e. The second-order valence-electron chi connectivity index (χ2n) is 6.02. The summed E-state index contributed by atoms with van der Waals surface area (Å²) in [7, 11) is 1.26. The van der Waals surface area contributed by atoms with Crippen LogP contribution in [0.5, 0.6) is 5.75 Å². The van der Waals surface area contributed by atoms with Gasteiger partial charge in [-0.05, 0) is 37.6 Å². The lowest BCUT2D eigenvalue weighted by molar-refractivity contribution is 0.0474. The van der Waals surface area contributed by atoms with Crippen molar-refractivity contribution < 1.29 is 19.1 Å². The van der Waals surface area contributed by atoms with Crippen molar-refractivity contribution in [2.45, 2.75) is 26.8 Å². The Balaban J connectivity index is 2.20. The largest absolute Gasteiger partial charge is 0.494 e. The van der Waals surface area contributed by atoms with Crippen LogP contribution in [-0.2, 0) is 18.3 Å². The summed E-state index contributed by atoms with van der Waals surface area (Å²) >= 11 is 0. The van der Waals surface area contributed by atoms with Crippen LogP contribution in [0, 0.1) is 0 Å². The first-order valence-electron chi connectivity index (χ1n) is 8.84. The van der Waals surface area contributed by atoms with Gasteiger partial charge in [-0.3, -0.25) is 18.7 Å². The van der Waals surface area contributed by atoms with Gasteiger partial charge in [0.05, 0.1) is 12.2 Å². The highest BCUT2D eigenvalue weighted by Gasteiger charge is 2.22. The maximum absolute atomic E-state index is 12.5. The molecule has 0 unspecified atom stereocenters. The number of anilines is 1. The molecule has 0 fully saturated rings. The predicted molar refractivity (Wildman–Crippen MR) is 103 cm³/mol. The molecule has 0 spiro atoms. The summed E-state index contributed by atoms with van der Waals surface area (Å²) in [6, 6.07) is 6.23. The molecule has 0 amide bonds. The summed E-state index contributed by atoms with van der Waals surface area (Å²) in [5, 5.41) is 0. The van der Waals surface area contributed by atoms with E-state index in [-0.39, 0.29) is 23.5 Å². The van der Waals surface area contributed by atoms with Crippen molar-refractivity contribution in [1.82, 2.24) is 9.13 Å². The second kappa shape index (κ2) is 9.03. The number of carbonyl (C=O) groups excluding carboxylic acids is 2. The molecule has 0 aliphatic rings. The highest BCUT2D eigenvalue weighted by atomic mass is 16.5. The van der Waals surface area contributed by atoms with Crippen molar-refractivity contribution in [3.63, 3.8) is 0 Å². The Morgan fingerprint density at radius 3 is 2.32 bits per heavy atom. The summed E-state index contributed by atoms with van der Waals surface area (Å²) in [4.78, 5) is 49.1. The zero-order valence-corrected chi connectivity index (χ0v) is 16.1. The number of carbonyl (C=O) groups is 2. The summed E-state index contributed by atoms with van der Waals surface area (Å²) in [5.41, 5.74) is 4.32. The SMILES string of the molecule is CCCn1c(N)c(C(=O)COC(=O)c2ccc(OCC)cc2)c(=O)n(C)c1=O. The fourth-order valence-corrected chi connectivity index (χ4v) is 2.63. The second-order valence-corrected chi connectivity index (χ2v) is 6.02. The third-order valence-corrected chi connectivity index (χ3v) is 4.04. The minimum absolute atomic E-state index is 0.225. The highest BCUT2D eigenvalue weighted by molar-refractivity contribution is 6.02. The van der Waals surface area contributed by atoms with E-state index >= 15 is 0 Å². The fraction of sp³-hybridized carbons (Fsp3) is 0.368. The van der Waals surface area contributed by atoms with Gasteiger partial charge in [0.15, 0.2) is 6.61 Å². The lowest BCUT2D eigenvalue weighted by atomic mass is 10.2. The van der Waals surface area contributed by atoms with Gasteiger partial charge in [-0.1, -0.05) is 6.92 Å². The number of Topliss-reactive ketones (excluding diaryl/α,β-unsaturated/α-hetero) is 1. The number of aromatic nitrogens is 2. The van der Waals surface area contributed by atoms with Crippen LogP contribution in [0.15, 0.2) is 33.9 Å². The molecular weight excluding hydrogens is 366 g/mol. The van der Waals surface area contributed by atoms with E-state index in [1.165, 1.54) is 19.2 Å². The molecule has 2 aromatic rings. The Kier molecular flexibility index (Phi) is 6.75. The number of esters is 1. The predicted octanol–water partition coefficient (Wildman–Crippen LogP) is 0.978. The van der Waals surface area contributed by atoms with E-state index in [2.05, 4.69) is 0 Å². The van der Waals surface area contributed by atoms with Gasteiger partial charge < -0.3 is 15.2 Å². The fourth-order valence-electron chi connectivity index (χ4n) is 2.63. The van der Waals surface area contributed by atoms with Crippen LogP contribution in [0.3, 0.4) is 0 Å². The number of hydrogen-bond donors (Lipinski definition) is 1. The monoisotopic (exact) mass is 389 g/mol. The number of nitrogens with two attached hydrogens (primary N) is 1. The summed E-state index contributed by atoms with van der Waals surface area (Å²) < 4.78 is 12.3. The Labute approximate surface area is 161 Å². The van der Waals surface area contributed by atoms with Gasteiger partial charge in [-0.25, -0.2) is 9.59 Å². The van der Waals surface area contributed by atoms with Crippen molar-refractivity contribution in [2.75, 3.05) is 18.9 Å². The molecule has 1 aromatic carbocycles. The van der Waals surface area contributed by atoms with E-state index in [4.69, 9.17) is 15.2 Å². The Morgan fingerprint density at radius 1 is 1.11 bits per heavy atom. The lowest BCUT2D eigenvalue weighted by Gasteiger charge is -2.13. The number of ketones is 1.